The highest BCUT2D eigenvalue weighted by molar-refractivity contribution is 6.05. The predicted octanol–water partition coefficient (Wildman–Crippen LogP) is 5.93. The number of benzene rings is 4. The first kappa shape index (κ1) is 42.6. The maximum absolute atomic E-state index is 13.0. The van der Waals surface area contributed by atoms with Gasteiger partial charge in [0.25, 0.3) is 5.91 Å². The molecule has 15 heteroatoms. The number of piperidine rings is 2. The summed E-state index contributed by atoms with van der Waals surface area (Å²) in [6.07, 6.45) is 2.75. The molecule has 0 spiro atoms. The van der Waals surface area contributed by atoms with E-state index in [4.69, 9.17) is 9.62 Å². The van der Waals surface area contributed by atoms with Crippen molar-refractivity contribution in [1.82, 2.24) is 46.5 Å². The number of aromatic nitrogens is 4. The maximum atomic E-state index is 13.0. The topological polar surface area (TPSA) is 190 Å². The fraction of sp³-hybridized carbons (Fsp3) is 0.367. The second-order valence-electron chi connectivity index (χ2n) is 18.2. The van der Waals surface area contributed by atoms with Crippen LogP contribution in [0.1, 0.15) is 95.6 Å². The zero-order valence-electron chi connectivity index (χ0n) is 36.7. The van der Waals surface area contributed by atoms with Crippen molar-refractivity contribution in [2.24, 2.45) is 0 Å². The molecule has 3 aliphatic rings. The largest absolute Gasteiger partial charge is 0.371 e. The highest BCUT2D eigenvalue weighted by Crippen LogP contribution is 2.33. The van der Waals surface area contributed by atoms with Crippen LogP contribution < -0.4 is 26.2 Å². The lowest BCUT2D eigenvalue weighted by atomic mass is 9.96. The first-order chi connectivity index (χ1) is 30.9. The van der Waals surface area contributed by atoms with E-state index < -0.39 is 11.9 Å². The number of hydrogen-bond donors (Lipinski definition) is 5. The van der Waals surface area contributed by atoms with Gasteiger partial charge in [-0.3, -0.25) is 29.6 Å². The van der Waals surface area contributed by atoms with Gasteiger partial charge in [-0.2, -0.15) is 10.1 Å². The van der Waals surface area contributed by atoms with Crippen LogP contribution in [0.4, 0.5) is 5.69 Å². The van der Waals surface area contributed by atoms with Crippen LogP contribution in [0.25, 0.3) is 33.3 Å². The van der Waals surface area contributed by atoms with Gasteiger partial charge in [-0.05, 0) is 96.0 Å². The van der Waals surface area contributed by atoms with Crippen molar-refractivity contribution in [3.63, 3.8) is 0 Å². The molecule has 0 bridgehead atoms. The number of carbonyl (C=O) groups is 4. The van der Waals surface area contributed by atoms with Crippen LogP contribution in [0.15, 0.2) is 83.4 Å². The molecular formula is C49H54N10O5. The molecule has 1 atom stereocenters. The van der Waals surface area contributed by atoms with Gasteiger partial charge >= 0.3 is 11.8 Å². The van der Waals surface area contributed by atoms with Crippen molar-refractivity contribution < 1.29 is 23.7 Å². The maximum Gasteiger partial charge on any atom is 0.315 e. The second-order valence-corrected chi connectivity index (χ2v) is 18.2. The summed E-state index contributed by atoms with van der Waals surface area (Å²) in [5, 5.41) is 25.4. The molecule has 1 unspecified atom stereocenters. The van der Waals surface area contributed by atoms with Crippen LogP contribution in [0.2, 0.25) is 0 Å². The number of amides is 4. The Kier molecular flexibility index (Phi) is 11.9. The minimum absolute atomic E-state index is 0.0424. The van der Waals surface area contributed by atoms with Gasteiger partial charge in [0.1, 0.15) is 6.04 Å². The van der Waals surface area contributed by atoms with E-state index in [2.05, 4.69) is 89.9 Å². The van der Waals surface area contributed by atoms with Crippen LogP contribution in [0.3, 0.4) is 0 Å². The Bertz CT molecular complexity index is 2730. The number of aryl methyl sites for hydroxylation is 1. The number of nitrogens with one attached hydrogen (secondary N) is 5. The summed E-state index contributed by atoms with van der Waals surface area (Å²) in [5.74, 6) is -0.775. The molecule has 6 aromatic rings. The predicted molar refractivity (Wildman–Crippen MR) is 243 cm³/mol. The fourth-order valence-electron chi connectivity index (χ4n) is 8.87. The molecule has 3 aliphatic heterocycles. The Morgan fingerprint density at radius 3 is 2.41 bits per heavy atom. The third-order valence-electron chi connectivity index (χ3n) is 12.6. The van der Waals surface area contributed by atoms with Crippen LogP contribution in [0.5, 0.6) is 0 Å². The average Bonchev–Trinajstić information content (AvgIpc) is 4.04. The monoisotopic (exact) mass is 862 g/mol. The number of nitrogens with zero attached hydrogens (tertiary/aromatic N) is 5. The molecule has 0 aliphatic carbocycles. The SMILES string of the molecule is Cc1cc(-c2n[nH]c3ccc(-c4ccc(N5CCC(NCCNCc6ccc7c(c6)CN(C6CCC(=O)NC6=O)C7=O)CC5)cc4)cc23)ccc1CNC(=O)c1nc(C(C)(C)C)no1. The first-order valence-electron chi connectivity index (χ1n) is 22.1. The number of rotatable bonds is 13. The van der Waals surface area contributed by atoms with Crippen molar-refractivity contribution in [3.05, 3.63) is 118 Å². The third kappa shape index (κ3) is 9.04. The van der Waals surface area contributed by atoms with Gasteiger partial charge in [0, 0.05) is 85.9 Å². The number of fused-ring (bicyclic) bond motifs is 2. The van der Waals surface area contributed by atoms with Gasteiger partial charge in [0.05, 0.1) is 11.2 Å². The number of imide groups is 1. The van der Waals surface area contributed by atoms with Gasteiger partial charge < -0.3 is 30.3 Å². The molecule has 330 valence electrons. The molecule has 5 heterocycles. The van der Waals surface area contributed by atoms with Crippen molar-refractivity contribution in [3.8, 4) is 22.4 Å². The van der Waals surface area contributed by atoms with E-state index in [0.29, 0.717) is 43.5 Å². The molecule has 4 amide bonds. The standard InChI is InChI=1S/C49H54N10O5/c1-29-23-33(6-7-34(29)27-52-45(62)46-54-48(57-64-46)49(2,3)4)43-39-25-32(10-14-40(39)55-56-43)31-8-11-37(12-9-31)58-21-17-36(18-22-58)51-20-19-50-26-30-5-13-38-35(24-30)28-59(47(38)63)41-15-16-42(60)53-44(41)61/h5-14,23-25,36,41,50-51H,15-22,26-28H2,1-4H3,(H,52,62)(H,55,56)(H,53,60,61). The molecule has 9 rings (SSSR count). The summed E-state index contributed by atoms with van der Waals surface area (Å²) >= 11 is 0. The summed E-state index contributed by atoms with van der Waals surface area (Å²) in [4.78, 5) is 58.0. The summed E-state index contributed by atoms with van der Waals surface area (Å²) in [7, 11) is 0. The number of hydrogen-bond acceptors (Lipinski definition) is 11. The van der Waals surface area contributed by atoms with Crippen molar-refractivity contribution in [2.45, 2.75) is 90.5 Å². The smallest absolute Gasteiger partial charge is 0.315 e. The highest BCUT2D eigenvalue weighted by Gasteiger charge is 2.39. The molecule has 2 fully saturated rings. The van der Waals surface area contributed by atoms with Gasteiger partial charge in [-0.1, -0.05) is 68.4 Å². The van der Waals surface area contributed by atoms with Crippen molar-refractivity contribution in [2.75, 3.05) is 31.1 Å². The van der Waals surface area contributed by atoms with E-state index in [0.717, 1.165) is 94.6 Å². The Hall–Kier alpha value is -6.71. The fourth-order valence-corrected chi connectivity index (χ4v) is 8.87. The molecule has 64 heavy (non-hydrogen) atoms. The highest BCUT2D eigenvalue weighted by atomic mass is 16.5. The van der Waals surface area contributed by atoms with Crippen LogP contribution in [0, 0.1) is 6.92 Å². The lowest BCUT2D eigenvalue weighted by molar-refractivity contribution is -0.136. The van der Waals surface area contributed by atoms with E-state index in [9.17, 15) is 19.2 Å². The van der Waals surface area contributed by atoms with Crippen LogP contribution >= 0.6 is 0 Å². The summed E-state index contributed by atoms with van der Waals surface area (Å²) in [5.41, 5.74) is 10.7. The van der Waals surface area contributed by atoms with Crippen molar-refractivity contribution >= 4 is 40.2 Å². The van der Waals surface area contributed by atoms with Crippen LogP contribution in [-0.4, -0.2) is 87.1 Å². The molecule has 2 aromatic heterocycles. The Morgan fingerprint density at radius 1 is 0.875 bits per heavy atom. The number of anilines is 1. The number of carbonyl (C=O) groups excluding carboxylic acids is 4. The zero-order chi connectivity index (χ0) is 44.5. The molecule has 2 saturated heterocycles. The van der Waals surface area contributed by atoms with E-state index in [1.807, 2.05) is 58.0 Å². The van der Waals surface area contributed by atoms with Gasteiger partial charge in [0.2, 0.25) is 11.8 Å². The quantitative estimate of drug-likeness (QED) is 0.0684. The second kappa shape index (κ2) is 17.8. The first-order valence-corrected chi connectivity index (χ1v) is 22.1. The number of H-pyrrole nitrogens is 1. The van der Waals surface area contributed by atoms with Crippen LogP contribution in [-0.2, 0) is 34.6 Å². The third-order valence-corrected chi connectivity index (χ3v) is 12.6. The average molecular weight is 863 g/mol. The Morgan fingerprint density at radius 2 is 1.66 bits per heavy atom. The van der Waals surface area contributed by atoms with E-state index >= 15 is 0 Å². The van der Waals surface area contributed by atoms with Crippen molar-refractivity contribution in [1.29, 1.82) is 0 Å². The lowest BCUT2D eigenvalue weighted by Crippen LogP contribution is -2.52. The molecular weight excluding hydrogens is 809 g/mol. The molecule has 4 aromatic carbocycles. The van der Waals surface area contributed by atoms with E-state index in [-0.39, 0.29) is 35.4 Å². The molecule has 0 radical (unpaired) electrons. The Balaban J connectivity index is 0.731. The minimum Gasteiger partial charge on any atom is -0.371 e. The molecule has 15 nitrogen and oxygen atoms in total. The zero-order valence-corrected chi connectivity index (χ0v) is 36.7. The number of aromatic amines is 1. The summed E-state index contributed by atoms with van der Waals surface area (Å²) < 4.78 is 5.20. The van der Waals surface area contributed by atoms with E-state index in [1.165, 1.54) is 5.69 Å². The minimum atomic E-state index is -0.602. The van der Waals surface area contributed by atoms with Gasteiger partial charge in [-0.15, -0.1) is 0 Å². The molecule has 5 N–H and O–H groups in total. The Labute approximate surface area is 371 Å². The summed E-state index contributed by atoms with van der Waals surface area (Å²) in [6.45, 7) is 13.0. The van der Waals surface area contributed by atoms with Gasteiger partial charge in [-0.25, -0.2) is 0 Å². The normalized spacial score (nSPS) is 17.0. The van der Waals surface area contributed by atoms with E-state index in [1.54, 1.807) is 4.90 Å². The lowest BCUT2D eigenvalue weighted by Gasteiger charge is -2.34. The molecule has 0 saturated carbocycles. The van der Waals surface area contributed by atoms with Gasteiger partial charge in [0.15, 0.2) is 5.82 Å². The summed E-state index contributed by atoms with van der Waals surface area (Å²) in [6, 6.07) is 27.1.